The standard InChI is InChI=1S/C18H15N.C2H4O2/c1-4-10-16(11-5-1)19(17-12-6-2-7-13-17)18-14-8-3-9-15-18;1-2(3)4/h1-15H;1H3,(H,3,4). The van der Waals surface area contributed by atoms with E-state index < -0.39 is 5.97 Å². The van der Waals surface area contributed by atoms with Crippen LogP contribution in [0.25, 0.3) is 0 Å². The van der Waals surface area contributed by atoms with E-state index in [-0.39, 0.29) is 0 Å². The lowest BCUT2D eigenvalue weighted by Crippen LogP contribution is -2.96. The molecule has 0 saturated heterocycles. The molecule has 0 aliphatic carbocycles. The molecule has 0 radical (unpaired) electrons. The van der Waals surface area contributed by atoms with Gasteiger partial charge in [0.2, 0.25) is 0 Å². The van der Waals surface area contributed by atoms with Gasteiger partial charge in [-0.3, -0.25) is 0 Å². The number of para-hydroxylation sites is 3. The molecule has 1 N–H and O–H groups in total. The molecule has 0 aromatic heterocycles. The van der Waals surface area contributed by atoms with Crippen LogP contribution in [0.5, 0.6) is 0 Å². The van der Waals surface area contributed by atoms with Crippen molar-refractivity contribution in [2.24, 2.45) is 0 Å². The largest absolute Gasteiger partial charge is 0.550 e. The maximum atomic E-state index is 8.89. The molecule has 0 spiro atoms. The molecule has 0 atom stereocenters. The molecule has 0 aliphatic heterocycles. The molecule has 0 heterocycles. The Kier molecular flexibility index (Phi) is 6.09. The van der Waals surface area contributed by atoms with Gasteiger partial charge in [-0.15, -0.1) is 0 Å². The Labute approximate surface area is 136 Å². The smallest absolute Gasteiger partial charge is 0.141 e. The Hall–Kier alpha value is -2.91. The zero-order valence-electron chi connectivity index (χ0n) is 13.0. The first-order valence-corrected chi connectivity index (χ1v) is 7.39. The highest BCUT2D eigenvalue weighted by atomic mass is 16.4. The summed E-state index contributed by atoms with van der Waals surface area (Å²) in [4.78, 5) is 10.2. The summed E-state index contributed by atoms with van der Waals surface area (Å²) < 4.78 is 0. The van der Waals surface area contributed by atoms with Gasteiger partial charge in [0.15, 0.2) is 0 Å². The summed E-state index contributed by atoms with van der Waals surface area (Å²) >= 11 is 0. The van der Waals surface area contributed by atoms with E-state index in [1.807, 2.05) is 0 Å². The van der Waals surface area contributed by atoms with Crippen molar-refractivity contribution in [2.75, 3.05) is 0 Å². The lowest BCUT2D eigenvalue weighted by molar-refractivity contribution is -0.681. The number of carbonyl (C=O) groups is 1. The zero-order valence-corrected chi connectivity index (χ0v) is 13.0. The summed E-state index contributed by atoms with van der Waals surface area (Å²) in [6.45, 7) is 0.972. The Balaban J connectivity index is 0.000000433. The minimum atomic E-state index is -1.08. The van der Waals surface area contributed by atoms with Crippen LogP contribution in [0.2, 0.25) is 0 Å². The van der Waals surface area contributed by atoms with Gasteiger partial charge in [-0.2, -0.15) is 0 Å². The fourth-order valence-electron chi connectivity index (χ4n) is 2.31. The van der Waals surface area contributed by atoms with Crippen LogP contribution in [-0.2, 0) is 4.79 Å². The lowest BCUT2D eigenvalue weighted by atomic mass is 10.2. The van der Waals surface area contributed by atoms with Crippen molar-refractivity contribution >= 4 is 23.0 Å². The molecule has 0 fully saturated rings. The van der Waals surface area contributed by atoms with Crippen LogP contribution in [0.1, 0.15) is 6.92 Å². The zero-order chi connectivity index (χ0) is 16.5. The van der Waals surface area contributed by atoms with Crippen LogP contribution in [0.4, 0.5) is 17.1 Å². The number of benzene rings is 3. The number of hydrogen-bond acceptors (Lipinski definition) is 2. The number of aliphatic carboxylic acids is 1. The maximum Gasteiger partial charge on any atom is 0.141 e. The van der Waals surface area contributed by atoms with Gasteiger partial charge in [0, 0.05) is 5.97 Å². The first-order valence-electron chi connectivity index (χ1n) is 7.39. The number of carbonyl (C=O) groups excluding carboxylic acids is 1. The second-order valence-electron chi connectivity index (χ2n) is 4.96. The summed E-state index contributed by atoms with van der Waals surface area (Å²) in [5.41, 5.74) is 3.75. The van der Waals surface area contributed by atoms with Gasteiger partial charge in [0.05, 0.1) is 0 Å². The highest BCUT2D eigenvalue weighted by Gasteiger charge is 2.17. The Morgan fingerprint density at radius 3 is 1.09 bits per heavy atom. The molecule has 3 rings (SSSR count). The first kappa shape index (κ1) is 16.5. The molecule has 0 aliphatic rings. The molecule has 23 heavy (non-hydrogen) atoms. The Morgan fingerprint density at radius 1 is 0.652 bits per heavy atom. The van der Waals surface area contributed by atoms with Gasteiger partial charge in [0.1, 0.15) is 17.1 Å². The molecular formula is C20H19NO2. The van der Waals surface area contributed by atoms with Crippen LogP contribution in [0.15, 0.2) is 91.0 Å². The number of quaternary nitrogens is 1. The van der Waals surface area contributed by atoms with E-state index in [1.165, 1.54) is 22.0 Å². The van der Waals surface area contributed by atoms with Gasteiger partial charge in [-0.1, -0.05) is 54.6 Å². The van der Waals surface area contributed by atoms with Gasteiger partial charge in [-0.05, 0) is 43.3 Å². The fraction of sp³-hybridized carbons (Fsp3) is 0.0500. The van der Waals surface area contributed by atoms with Gasteiger partial charge in [0.25, 0.3) is 0 Å². The molecule has 0 amide bonds. The number of carboxylic acid groups (broad SMARTS) is 1. The van der Waals surface area contributed by atoms with E-state index >= 15 is 0 Å². The third kappa shape index (κ3) is 5.09. The topological polar surface area (TPSA) is 44.6 Å². The Morgan fingerprint density at radius 2 is 0.870 bits per heavy atom. The van der Waals surface area contributed by atoms with Crippen LogP contribution in [0.3, 0.4) is 0 Å². The van der Waals surface area contributed by atoms with Gasteiger partial charge < -0.3 is 9.90 Å². The minimum absolute atomic E-state index is 0.972. The third-order valence-electron chi connectivity index (χ3n) is 3.19. The fourth-order valence-corrected chi connectivity index (χ4v) is 2.31. The van der Waals surface area contributed by atoms with Crippen molar-refractivity contribution in [3.63, 3.8) is 0 Å². The van der Waals surface area contributed by atoms with E-state index in [0.717, 1.165) is 6.92 Å². The number of hydrogen-bond donors (Lipinski definition) is 1. The number of nitrogens with one attached hydrogen (secondary N) is 1. The van der Waals surface area contributed by atoms with E-state index in [4.69, 9.17) is 9.90 Å². The number of carboxylic acids is 1. The molecule has 0 bridgehead atoms. The third-order valence-corrected chi connectivity index (χ3v) is 3.19. The highest BCUT2D eigenvalue weighted by Crippen LogP contribution is 2.13. The molecule has 3 nitrogen and oxygen atoms in total. The summed E-state index contributed by atoms with van der Waals surface area (Å²) in [7, 11) is 0. The quantitative estimate of drug-likeness (QED) is 0.808. The predicted molar refractivity (Wildman–Crippen MR) is 89.9 cm³/mol. The van der Waals surface area contributed by atoms with E-state index in [2.05, 4.69) is 91.0 Å². The molecule has 0 saturated carbocycles. The average Bonchev–Trinajstić information content (AvgIpc) is 2.58. The van der Waals surface area contributed by atoms with Crippen LogP contribution in [-0.4, -0.2) is 5.97 Å². The SMILES string of the molecule is CC(=O)[O-].c1ccc([NH+](c2ccccc2)c2ccccc2)cc1. The monoisotopic (exact) mass is 305 g/mol. The lowest BCUT2D eigenvalue weighted by Gasteiger charge is -2.18. The minimum Gasteiger partial charge on any atom is -0.550 e. The van der Waals surface area contributed by atoms with E-state index in [0.29, 0.717) is 0 Å². The van der Waals surface area contributed by atoms with Crippen molar-refractivity contribution < 1.29 is 14.8 Å². The summed E-state index contributed by atoms with van der Waals surface area (Å²) in [5, 5.41) is 8.89. The molecular weight excluding hydrogens is 286 g/mol. The predicted octanol–water partition coefficient (Wildman–Crippen LogP) is 2.62. The van der Waals surface area contributed by atoms with Gasteiger partial charge in [-0.25, -0.2) is 4.90 Å². The number of rotatable bonds is 3. The van der Waals surface area contributed by atoms with Crippen molar-refractivity contribution in [3.05, 3.63) is 91.0 Å². The molecule has 3 aromatic rings. The summed E-state index contributed by atoms with van der Waals surface area (Å²) in [6, 6.07) is 31.6. The van der Waals surface area contributed by atoms with Crippen molar-refractivity contribution in [1.29, 1.82) is 0 Å². The summed E-state index contributed by atoms with van der Waals surface area (Å²) in [5.74, 6) is -1.08. The van der Waals surface area contributed by atoms with E-state index in [9.17, 15) is 0 Å². The van der Waals surface area contributed by atoms with Crippen LogP contribution >= 0.6 is 0 Å². The van der Waals surface area contributed by atoms with Crippen LogP contribution < -0.4 is 10.0 Å². The molecule has 116 valence electrons. The average molecular weight is 305 g/mol. The maximum absolute atomic E-state index is 8.89. The van der Waals surface area contributed by atoms with Crippen molar-refractivity contribution in [1.82, 2.24) is 0 Å². The van der Waals surface area contributed by atoms with Gasteiger partial charge >= 0.3 is 0 Å². The second kappa shape index (κ2) is 8.51. The van der Waals surface area contributed by atoms with Crippen molar-refractivity contribution in [2.45, 2.75) is 6.92 Å². The molecule has 3 heteroatoms. The van der Waals surface area contributed by atoms with E-state index in [1.54, 1.807) is 0 Å². The first-order chi connectivity index (χ1) is 11.2. The van der Waals surface area contributed by atoms with Crippen LogP contribution in [0, 0.1) is 0 Å². The molecule has 3 aromatic carbocycles. The normalized spacial score (nSPS) is 9.83. The second-order valence-corrected chi connectivity index (χ2v) is 4.96. The van der Waals surface area contributed by atoms with Crippen molar-refractivity contribution in [3.8, 4) is 0 Å². The highest BCUT2D eigenvalue weighted by molar-refractivity contribution is 5.60. The summed E-state index contributed by atoms with van der Waals surface area (Å²) in [6.07, 6.45) is 0. The Bertz CT molecular complexity index is 614. The molecule has 0 unspecified atom stereocenters.